The van der Waals surface area contributed by atoms with Crippen LogP contribution in [0.2, 0.25) is 0 Å². The molecular formula is C19H25N5O. The van der Waals surface area contributed by atoms with Gasteiger partial charge in [0.05, 0.1) is 0 Å². The lowest BCUT2D eigenvalue weighted by Crippen LogP contribution is -2.38. The second-order valence-electron chi connectivity index (χ2n) is 8.20. The van der Waals surface area contributed by atoms with Crippen LogP contribution in [-0.4, -0.2) is 43.0 Å². The fraction of sp³-hybridized carbons (Fsp3) is 0.684. The van der Waals surface area contributed by atoms with Gasteiger partial charge in [-0.25, -0.2) is 9.50 Å². The van der Waals surface area contributed by atoms with Crippen molar-refractivity contribution in [1.82, 2.24) is 24.5 Å². The van der Waals surface area contributed by atoms with E-state index in [0.717, 1.165) is 42.8 Å². The normalized spacial score (nSPS) is 31.3. The van der Waals surface area contributed by atoms with E-state index in [2.05, 4.69) is 15.1 Å². The third kappa shape index (κ3) is 2.53. The maximum atomic E-state index is 13.0. The first-order valence-corrected chi connectivity index (χ1v) is 9.68. The average Bonchev–Trinajstić information content (AvgIpc) is 3.38. The lowest BCUT2D eigenvalue weighted by Gasteiger charge is -2.29. The van der Waals surface area contributed by atoms with Crippen molar-refractivity contribution >= 4 is 11.7 Å². The van der Waals surface area contributed by atoms with Crippen LogP contribution >= 0.6 is 0 Å². The highest BCUT2D eigenvalue weighted by Gasteiger charge is 2.42. The summed E-state index contributed by atoms with van der Waals surface area (Å²) in [6.07, 6.45) is 10.8. The van der Waals surface area contributed by atoms with Crippen LogP contribution in [0, 0.1) is 24.7 Å². The molecule has 2 bridgehead atoms. The molecule has 1 aliphatic heterocycles. The molecule has 25 heavy (non-hydrogen) atoms. The number of fused-ring (bicyclic) bond motifs is 3. The number of amides is 1. The minimum Gasteiger partial charge on any atom is -0.333 e. The maximum Gasteiger partial charge on any atom is 0.293 e. The Bertz CT molecular complexity index is 815. The molecule has 6 nitrogen and oxygen atoms in total. The van der Waals surface area contributed by atoms with E-state index in [1.165, 1.54) is 32.1 Å². The van der Waals surface area contributed by atoms with E-state index < -0.39 is 0 Å². The molecule has 0 unspecified atom stereocenters. The Kier molecular flexibility index (Phi) is 3.54. The number of hydrogen-bond acceptors (Lipinski definition) is 4. The van der Waals surface area contributed by atoms with E-state index in [4.69, 9.17) is 0 Å². The van der Waals surface area contributed by atoms with E-state index in [9.17, 15) is 4.79 Å². The minimum absolute atomic E-state index is 0.0180. The van der Waals surface area contributed by atoms with Gasteiger partial charge in [0.25, 0.3) is 11.7 Å². The van der Waals surface area contributed by atoms with Crippen molar-refractivity contribution in [1.29, 1.82) is 0 Å². The molecule has 6 heteroatoms. The van der Waals surface area contributed by atoms with E-state index in [-0.39, 0.29) is 5.91 Å². The molecule has 1 amide bonds. The van der Waals surface area contributed by atoms with Gasteiger partial charge in [-0.05, 0) is 69.3 Å². The van der Waals surface area contributed by atoms with Crippen molar-refractivity contribution in [3.05, 3.63) is 23.8 Å². The molecular weight excluding hydrogens is 314 g/mol. The SMILES string of the molecule is Cc1ccnc2nc(C(=O)N3CCC[C@@H]3C[C@@H]3C[C@H]4CC[C@H]3C4)nn12. The summed E-state index contributed by atoms with van der Waals surface area (Å²) in [5.41, 5.74) is 0.941. The monoisotopic (exact) mass is 339 g/mol. The Morgan fingerprint density at radius 2 is 2.20 bits per heavy atom. The first-order valence-electron chi connectivity index (χ1n) is 9.68. The van der Waals surface area contributed by atoms with E-state index in [0.29, 0.717) is 17.6 Å². The molecule has 3 fully saturated rings. The molecule has 132 valence electrons. The largest absolute Gasteiger partial charge is 0.333 e. The molecule has 2 aliphatic carbocycles. The zero-order chi connectivity index (χ0) is 17.0. The highest BCUT2D eigenvalue weighted by atomic mass is 16.2. The van der Waals surface area contributed by atoms with Gasteiger partial charge in [0.15, 0.2) is 0 Å². The minimum atomic E-state index is -0.0180. The zero-order valence-electron chi connectivity index (χ0n) is 14.8. The summed E-state index contributed by atoms with van der Waals surface area (Å²) in [4.78, 5) is 23.7. The summed E-state index contributed by atoms with van der Waals surface area (Å²) in [5, 5.41) is 4.41. The van der Waals surface area contributed by atoms with Gasteiger partial charge in [0, 0.05) is 24.5 Å². The summed E-state index contributed by atoms with van der Waals surface area (Å²) in [5.74, 6) is 3.50. The third-order valence-corrected chi connectivity index (χ3v) is 6.72. The second kappa shape index (κ2) is 5.78. The molecule has 0 N–H and O–H groups in total. The highest BCUT2D eigenvalue weighted by molar-refractivity contribution is 5.91. The number of aryl methyl sites for hydroxylation is 1. The number of hydrogen-bond donors (Lipinski definition) is 0. The summed E-state index contributed by atoms with van der Waals surface area (Å²) in [7, 11) is 0. The topological polar surface area (TPSA) is 63.4 Å². The number of carbonyl (C=O) groups is 1. The molecule has 3 aliphatic rings. The van der Waals surface area contributed by atoms with Gasteiger partial charge in [0.1, 0.15) is 0 Å². The van der Waals surface area contributed by atoms with Crippen LogP contribution in [-0.2, 0) is 0 Å². The van der Waals surface area contributed by atoms with Crippen LogP contribution in [0.15, 0.2) is 12.3 Å². The molecule has 1 saturated heterocycles. The van der Waals surface area contributed by atoms with Crippen molar-refractivity contribution in [2.24, 2.45) is 17.8 Å². The van der Waals surface area contributed by atoms with Gasteiger partial charge in [-0.1, -0.05) is 6.42 Å². The van der Waals surface area contributed by atoms with Crippen molar-refractivity contribution in [3.8, 4) is 0 Å². The lowest BCUT2D eigenvalue weighted by atomic mass is 9.83. The molecule has 2 aromatic heterocycles. The Labute approximate surface area is 147 Å². The van der Waals surface area contributed by atoms with Gasteiger partial charge >= 0.3 is 0 Å². The second-order valence-corrected chi connectivity index (χ2v) is 8.20. The molecule has 2 saturated carbocycles. The first kappa shape index (κ1) is 15.3. The van der Waals surface area contributed by atoms with Crippen molar-refractivity contribution in [2.75, 3.05) is 6.54 Å². The van der Waals surface area contributed by atoms with Gasteiger partial charge in [-0.3, -0.25) is 4.79 Å². The van der Waals surface area contributed by atoms with Crippen LogP contribution in [0.5, 0.6) is 0 Å². The summed E-state index contributed by atoms with van der Waals surface area (Å²) in [6, 6.07) is 2.25. The van der Waals surface area contributed by atoms with Gasteiger partial charge in [-0.2, -0.15) is 4.98 Å². The molecule has 0 radical (unpaired) electrons. The molecule has 0 spiro atoms. The van der Waals surface area contributed by atoms with E-state index in [1.807, 2.05) is 17.9 Å². The number of nitrogens with zero attached hydrogens (tertiary/aromatic N) is 5. The van der Waals surface area contributed by atoms with Crippen molar-refractivity contribution in [3.63, 3.8) is 0 Å². The van der Waals surface area contributed by atoms with E-state index in [1.54, 1.807) is 10.7 Å². The molecule has 5 rings (SSSR count). The summed E-state index contributed by atoms with van der Waals surface area (Å²) in [6.45, 7) is 2.79. The molecule has 0 aromatic carbocycles. The number of aromatic nitrogens is 4. The standard InChI is InChI=1S/C19H25N5O/c1-12-6-7-20-19-21-17(22-24(12)19)18(25)23-8-2-3-16(23)11-15-10-13-4-5-14(15)9-13/h6-7,13-16H,2-5,8-11H2,1H3/t13-,14-,15-,16+/m0/s1. The molecule has 4 atom stereocenters. The molecule has 3 heterocycles. The van der Waals surface area contributed by atoms with E-state index >= 15 is 0 Å². The quantitative estimate of drug-likeness (QED) is 0.862. The Morgan fingerprint density at radius 3 is 2.96 bits per heavy atom. The van der Waals surface area contributed by atoms with Crippen molar-refractivity contribution in [2.45, 2.75) is 57.9 Å². The predicted octanol–water partition coefficient (Wildman–Crippen LogP) is 2.86. The maximum absolute atomic E-state index is 13.0. The van der Waals surface area contributed by atoms with Crippen molar-refractivity contribution < 1.29 is 4.79 Å². The number of likely N-dealkylation sites (tertiary alicyclic amines) is 1. The Hall–Kier alpha value is -1.98. The Balaban J connectivity index is 1.35. The predicted molar refractivity (Wildman–Crippen MR) is 93.1 cm³/mol. The number of rotatable bonds is 3. The number of carbonyl (C=O) groups excluding carboxylic acids is 1. The first-order chi connectivity index (χ1) is 12.2. The van der Waals surface area contributed by atoms with Crippen LogP contribution in [0.1, 0.15) is 61.3 Å². The average molecular weight is 339 g/mol. The lowest BCUT2D eigenvalue weighted by molar-refractivity contribution is 0.0695. The van der Waals surface area contributed by atoms with Gasteiger partial charge in [0.2, 0.25) is 5.82 Å². The third-order valence-electron chi connectivity index (χ3n) is 6.72. The fourth-order valence-electron chi connectivity index (χ4n) is 5.49. The fourth-order valence-corrected chi connectivity index (χ4v) is 5.49. The summed E-state index contributed by atoms with van der Waals surface area (Å²) >= 11 is 0. The summed E-state index contributed by atoms with van der Waals surface area (Å²) < 4.78 is 1.66. The smallest absolute Gasteiger partial charge is 0.293 e. The van der Waals surface area contributed by atoms with Gasteiger partial charge in [-0.15, -0.1) is 5.10 Å². The van der Waals surface area contributed by atoms with Crippen LogP contribution in [0.4, 0.5) is 0 Å². The Morgan fingerprint density at radius 1 is 1.28 bits per heavy atom. The van der Waals surface area contributed by atoms with Crippen LogP contribution in [0.3, 0.4) is 0 Å². The molecule has 2 aromatic rings. The van der Waals surface area contributed by atoms with Gasteiger partial charge < -0.3 is 4.90 Å². The van der Waals surface area contributed by atoms with Crippen LogP contribution in [0.25, 0.3) is 5.78 Å². The zero-order valence-corrected chi connectivity index (χ0v) is 14.8. The van der Waals surface area contributed by atoms with Crippen LogP contribution < -0.4 is 0 Å². The highest BCUT2D eigenvalue weighted by Crippen LogP contribution is 2.50.